The van der Waals surface area contributed by atoms with Crippen molar-refractivity contribution in [2.75, 3.05) is 18.4 Å². The predicted molar refractivity (Wildman–Crippen MR) is 63.0 cm³/mol. The fourth-order valence-electron chi connectivity index (χ4n) is 2.03. The van der Waals surface area contributed by atoms with Crippen molar-refractivity contribution in [1.82, 2.24) is 10.3 Å². The summed E-state index contributed by atoms with van der Waals surface area (Å²) in [6.07, 6.45) is 2.64. The molecule has 2 heterocycles. The van der Waals surface area contributed by atoms with Gasteiger partial charge in [-0.25, -0.2) is 4.98 Å². The number of anilines is 1. The highest BCUT2D eigenvalue weighted by Crippen LogP contribution is 2.15. The van der Waals surface area contributed by atoms with Gasteiger partial charge in [0.05, 0.1) is 0 Å². The molecule has 4 nitrogen and oxygen atoms in total. The number of piperidine rings is 1. The second kappa shape index (κ2) is 5.72. The molecular formula is C12H16FN3O. The van der Waals surface area contributed by atoms with E-state index in [4.69, 9.17) is 0 Å². The Morgan fingerprint density at radius 3 is 3.18 bits per heavy atom. The molecule has 2 rings (SSSR count). The van der Waals surface area contributed by atoms with Gasteiger partial charge >= 0.3 is 0 Å². The highest BCUT2D eigenvalue weighted by atomic mass is 19.1. The maximum atomic E-state index is 12.8. The summed E-state index contributed by atoms with van der Waals surface area (Å²) < 4.78 is 12.8. The molecule has 92 valence electrons. The van der Waals surface area contributed by atoms with Crippen molar-refractivity contribution < 1.29 is 9.18 Å². The maximum absolute atomic E-state index is 12.8. The van der Waals surface area contributed by atoms with Crippen molar-refractivity contribution in [3.63, 3.8) is 0 Å². The van der Waals surface area contributed by atoms with E-state index in [9.17, 15) is 9.18 Å². The number of nitrogens with zero attached hydrogens (tertiary/aromatic N) is 1. The highest BCUT2D eigenvalue weighted by Gasteiger charge is 2.16. The Labute approximate surface area is 99.6 Å². The molecule has 1 fully saturated rings. The Hall–Kier alpha value is -1.49. The number of carbonyl (C=O) groups excluding carboxylic acids is 1. The number of aromatic nitrogens is 1. The Balaban J connectivity index is 1.84. The lowest BCUT2D eigenvalue weighted by atomic mass is 9.96. The van der Waals surface area contributed by atoms with Gasteiger partial charge in [-0.2, -0.15) is 4.39 Å². The van der Waals surface area contributed by atoms with Crippen LogP contribution in [-0.2, 0) is 4.79 Å². The van der Waals surface area contributed by atoms with Crippen molar-refractivity contribution in [3.05, 3.63) is 24.1 Å². The van der Waals surface area contributed by atoms with Gasteiger partial charge in [0, 0.05) is 6.42 Å². The molecule has 1 aromatic heterocycles. The van der Waals surface area contributed by atoms with Crippen LogP contribution in [0.3, 0.4) is 0 Å². The lowest BCUT2D eigenvalue weighted by Crippen LogP contribution is -2.32. The molecule has 0 radical (unpaired) electrons. The van der Waals surface area contributed by atoms with Crippen LogP contribution in [0.2, 0.25) is 0 Å². The number of halogens is 1. The molecule has 5 heteroatoms. The van der Waals surface area contributed by atoms with Gasteiger partial charge in [0.15, 0.2) is 0 Å². The molecule has 2 N–H and O–H groups in total. The summed E-state index contributed by atoms with van der Waals surface area (Å²) in [7, 11) is 0. The third-order valence-corrected chi connectivity index (χ3v) is 2.86. The Morgan fingerprint density at radius 2 is 2.47 bits per heavy atom. The van der Waals surface area contributed by atoms with Crippen LogP contribution in [0.1, 0.15) is 19.3 Å². The summed E-state index contributed by atoms with van der Waals surface area (Å²) in [5, 5.41) is 5.87. The number of nitrogens with one attached hydrogen (secondary N) is 2. The van der Waals surface area contributed by atoms with E-state index in [0.717, 1.165) is 25.9 Å². The predicted octanol–water partition coefficient (Wildman–Crippen LogP) is 1.55. The van der Waals surface area contributed by atoms with Crippen molar-refractivity contribution in [2.24, 2.45) is 5.92 Å². The first-order valence-corrected chi connectivity index (χ1v) is 5.87. The van der Waals surface area contributed by atoms with Gasteiger partial charge in [-0.05, 0) is 44.0 Å². The first-order chi connectivity index (χ1) is 8.24. The lowest BCUT2D eigenvalue weighted by molar-refractivity contribution is -0.117. The number of pyridine rings is 1. The second-order valence-electron chi connectivity index (χ2n) is 4.31. The highest BCUT2D eigenvalue weighted by molar-refractivity contribution is 5.89. The van der Waals surface area contributed by atoms with Crippen LogP contribution in [-0.4, -0.2) is 24.0 Å². The lowest BCUT2D eigenvalue weighted by Gasteiger charge is -2.21. The molecule has 0 aliphatic carbocycles. The number of hydrogen-bond donors (Lipinski definition) is 2. The Bertz CT molecular complexity index is 391. The van der Waals surface area contributed by atoms with Gasteiger partial charge in [-0.1, -0.05) is 6.07 Å². The van der Waals surface area contributed by atoms with Gasteiger partial charge in [0.1, 0.15) is 5.82 Å². The number of rotatable bonds is 3. The first kappa shape index (κ1) is 12.0. The normalized spacial score (nSPS) is 19.9. The zero-order chi connectivity index (χ0) is 12.1. The molecule has 17 heavy (non-hydrogen) atoms. The smallest absolute Gasteiger partial charge is 0.225 e. The quantitative estimate of drug-likeness (QED) is 0.784. The maximum Gasteiger partial charge on any atom is 0.225 e. The largest absolute Gasteiger partial charge is 0.316 e. The monoisotopic (exact) mass is 237 g/mol. The molecule has 0 spiro atoms. The molecule has 1 aromatic rings. The fourth-order valence-corrected chi connectivity index (χ4v) is 2.03. The standard InChI is InChI=1S/C12H16FN3O/c13-10-4-1-5-11(15-10)16-12(17)7-9-3-2-6-14-8-9/h1,4-5,9,14H,2-3,6-8H2,(H,15,16,17). The van der Waals surface area contributed by atoms with E-state index in [2.05, 4.69) is 15.6 Å². The minimum absolute atomic E-state index is 0.100. The average Bonchev–Trinajstić information content (AvgIpc) is 2.30. The van der Waals surface area contributed by atoms with Gasteiger partial charge < -0.3 is 10.6 Å². The Kier molecular flexibility index (Phi) is 4.03. The molecule has 1 aliphatic rings. The summed E-state index contributed by atoms with van der Waals surface area (Å²) in [5.74, 6) is -0.0324. The van der Waals surface area contributed by atoms with Crippen LogP contribution < -0.4 is 10.6 Å². The fraction of sp³-hybridized carbons (Fsp3) is 0.500. The van der Waals surface area contributed by atoms with Crippen LogP contribution in [0.5, 0.6) is 0 Å². The zero-order valence-electron chi connectivity index (χ0n) is 9.58. The van der Waals surface area contributed by atoms with Gasteiger partial charge in [-0.15, -0.1) is 0 Å². The third kappa shape index (κ3) is 3.78. The van der Waals surface area contributed by atoms with Crippen molar-refractivity contribution in [1.29, 1.82) is 0 Å². The van der Waals surface area contributed by atoms with Crippen LogP contribution in [0.25, 0.3) is 0 Å². The number of hydrogen-bond acceptors (Lipinski definition) is 3. The molecule has 1 unspecified atom stereocenters. The molecule has 0 saturated carbocycles. The molecule has 1 atom stereocenters. The molecule has 0 bridgehead atoms. The average molecular weight is 237 g/mol. The van der Waals surface area contributed by atoms with E-state index in [0.29, 0.717) is 12.3 Å². The minimum atomic E-state index is -0.581. The van der Waals surface area contributed by atoms with E-state index in [1.54, 1.807) is 6.07 Å². The van der Waals surface area contributed by atoms with Gasteiger partial charge in [0.2, 0.25) is 11.9 Å². The number of carbonyl (C=O) groups is 1. The molecule has 0 aromatic carbocycles. The molecule has 1 aliphatic heterocycles. The van der Waals surface area contributed by atoms with E-state index in [1.165, 1.54) is 12.1 Å². The minimum Gasteiger partial charge on any atom is -0.316 e. The zero-order valence-corrected chi connectivity index (χ0v) is 9.58. The van der Waals surface area contributed by atoms with E-state index in [-0.39, 0.29) is 11.7 Å². The third-order valence-electron chi connectivity index (χ3n) is 2.86. The van der Waals surface area contributed by atoms with E-state index >= 15 is 0 Å². The molecule has 1 amide bonds. The van der Waals surface area contributed by atoms with Crippen LogP contribution in [0.15, 0.2) is 18.2 Å². The summed E-state index contributed by atoms with van der Waals surface area (Å²) in [6.45, 7) is 1.91. The van der Waals surface area contributed by atoms with E-state index < -0.39 is 5.95 Å². The van der Waals surface area contributed by atoms with Crippen LogP contribution in [0.4, 0.5) is 10.2 Å². The molecule has 1 saturated heterocycles. The van der Waals surface area contributed by atoms with Crippen LogP contribution >= 0.6 is 0 Å². The second-order valence-corrected chi connectivity index (χ2v) is 4.31. The van der Waals surface area contributed by atoms with Crippen LogP contribution in [0, 0.1) is 11.9 Å². The van der Waals surface area contributed by atoms with Crippen molar-refractivity contribution >= 4 is 11.7 Å². The SMILES string of the molecule is O=C(CC1CCCNC1)Nc1cccc(F)n1. The summed E-state index contributed by atoms with van der Waals surface area (Å²) in [6, 6.07) is 4.36. The summed E-state index contributed by atoms with van der Waals surface area (Å²) in [4.78, 5) is 15.3. The number of amides is 1. The summed E-state index contributed by atoms with van der Waals surface area (Å²) >= 11 is 0. The first-order valence-electron chi connectivity index (χ1n) is 5.87. The molecular weight excluding hydrogens is 221 g/mol. The van der Waals surface area contributed by atoms with Gasteiger partial charge in [0.25, 0.3) is 0 Å². The topological polar surface area (TPSA) is 54.0 Å². The van der Waals surface area contributed by atoms with Crippen molar-refractivity contribution in [3.8, 4) is 0 Å². The van der Waals surface area contributed by atoms with Gasteiger partial charge in [-0.3, -0.25) is 4.79 Å². The summed E-state index contributed by atoms with van der Waals surface area (Å²) in [5.41, 5.74) is 0. The van der Waals surface area contributed by atoms with Crippen molar-refractivity contribution in [2.45, 2.75) is 19.3 Å². The Morgan fingerprint density at radius 1 is 1.59 bits per heavy atom. The van der Waals surface area contributed by atoms with E-state index in [1.807, 2.05) is 0 Å².